The Balaban J connectivity index is 2.21. The average Bonchev–Trinajstić information content (AvgIpc) is 2.66. The second kappa shape index (κ2) is 4.04. The normalized spacial score (nSPS) is 20.3. The number of benzene rings is 1. The molecule has 0 saturated carbocycles. The first-order valence-electron chi connectivity index (χ1n) is 5.66. The van der Waals surface area contributed by atoms with E-state index >= 15 is 0 Å². The third-order valence-corrected chi connectivity index (χ3v) is 2.99. The fourth-order valence-electron chi connectivity index (χ4n) is 2.11. The van der Waals surface area contributed by atoms with E-state index in [1.54, 1.807) is 18.2 Å². The van der Waals surface area contributed by atoms with Crippen LogP contribution in [0.2, 0.25) is 0 Å². The molecule has 0 fully saturated rings. The molecule has 3 heteroatoms. The van der Waals surface area contributed by atoms with Crippen molar-refractivity contribution in [1.82, 2.24) is 4.98 Å². The van der Waals surface area contributed by atoms with Crippen molar-refractivity contribution in [2.45, 2.75) is 0 Å². The number of aliphatic carboxylic acids is 1. The van der Waals surface area contributed by atoms with Gasteiger partial charge in [0.15, 0.2) is 0 Å². The summed E-state index contributed by atoms with van der Waals surface area (Å²) in [6.07, 6.45) is 8.71. The van der Waals surface area contributed by atoms with Gasteiger partial charge in [-0.05, 0) is 24.3 Å². The number of carboxylic acid groups (broad SMARTS) is 1. The number of hydrogen-bond donors (Lipinski definition) is 2. The van der Waals surface area contributed by atoms with Crippen LogP contribution in [0, 0.1) is 0 Å². The minimum Gasteiger partial charge on any atom is -0.478 e. The summed E-state index contributed by atoms with van der Waals surface area (Å²) in [4.78, 5) is 14.3. The number of hydrogen-bond acceptors (Lipinski definition) is 1. The Hall–Kier alpha value is -2.55. The van der Waals surface area contributed by atoms with Crippen LogP contribution < -0.4 is 0 Å². The Bertz CT molecular complexity index is 717. The zero-order valence-corrected chi connectivity index (χ0v) is 9.55. The summed E-state index contributed by atoms with van der Waals surface area (Å²) in [5, 5.41) is 10.1. The highest BCUT2D eigenvalue weighted by molar-refractivity contribution is 5.97. The molecule has 0 radical (unpaired) electrons. The lowest BCUT2D eigenvalue weighted by molar-refractivity contribution is -0.132. The minimum absolute atomic E-state index is 0.280. The summed E-state index contributed by atoms with van der Waals surface area (Å²) in [5.41, 5.74) is 3.35. The van der Waals surface area contributed by atoms with Crippen molar-refractivity contribution >= 4 is 29.0 Å². The van der Waals surface area contributed by atoms with Crippen LogP contribution in [0.15, 0.2) is 48.1 Å². The Labute approximate surface area is 104 Å². The Morgan fingerprint density at radius 2 is 1.94 bits per heavy atom. The predicted octanol–water partition coefficient (Wildman–Crippen LogP) is 3.22. The van der Waals surface area contributed by atoms with E-state index in [1.165, 1.54) is 0 Å². The van der Waals surface area contributed by atoms with Crippen molar-refractivity contribution in [2.75, 3.05) is 0 Å². The topological polar surface area (TPSA) is 53.1 Å². The molecule has 2 aromatic rings. The number of aromatic amines is 1. The van der Waals surface area contributed by atoms with Crippen molar-refractivity contribution in [3.8, 4) is 0 Å². The summed E-state index contributed by atoms with van der Waals surface area (Å²) >= 11 is 0. The fourth-order valence-corrected chi connectivity index (χ4v) is 2.11. The number of aromatic nitrogens is 1. The average molecular weight is 237 g/mol. The molecule has 0 atom stereocenters. The van der Waals surface area contributed by atoms with E-state index in [0.29, 0.717) is 0 Å². The zero-order valence-electron chi connectivity index (χ0n) is 9.55. The zero-order chi connectivity index (χ0) is 12.5. The molecule has 1 aromatic carbocycles. The number of fused-ring (bicyclic) bond motifs is 3. The highest BCUT2D eigenvalue weighted by atomic mass is 16.4. The third-order valence-electron chi connectivity index (χ3n) is 2.99. The molecule has 0 spiro atoms. The number of carboxylic acids is 1. The van der Waals surface area contributed by atoms with Gasteiger partial charge in [0.2, 0.25) is 0 Å². The molecule has 1 aliphatic rings. The summed E-state index contributed by atoms with van der Waals surface area (Å²) in [6, 6.07) is 7.98. The Kier molecular flexibility index (Phi) is 2.38. The van der Waals surface area contributed by atoms with Crippen molar-refractivity contribution in [1.29, 1.82) is 0 Å². The molecular weight excluding hydrogens is 226 g/mol. The van der Waals surface area contributed by atoms with E-state index in [4.69, 9.17) is 5.11 Å². The minimum atomic E-state index is -0.917. The summed E-state index contributed by atoms with van der Waals surface area (Å²) in [7, 11) is 0. The second-order valence-corrected chi connectivity index (χ2v) is 4.12. The maximum Gasteiger partial charge on any atom is 0.335 e. The first-order chi connectivity index (χ1) is 8.75. The van der Waals surface area contributed by atoms with E-state index < -0.39 is 5.97 Å². The monoisotopic (exact) mass is 237 g/mol. The number of allylic oxidation sites excluding steroid dienone is 2. The second-order valence-electron chi connectivity index (χ2n) is 4.12. The number of H-pyrrole nitrogens is 1. The number of para-hydroxylation sites is 1. The van der Waals surface area contributed by atoms with E-state index in [2.05, 4.69) is 4.98 Å². The van der Waals surface area contributed by atoms with Gasteiger partial charge >= 0.3 is 5.97 Å². The fraction of sp³-hybridized carbons (Fsp3) is 0. The van der Waals surface area contributed by atoms with Gasteiger partial charge in [0, 0.05) is 22.2 Å². The van der Waals surface area contributed by atoms with Gasteiger partial charge in [-0.3, -0.25) is 0 Å². The Morgan fingerprint density at radius 1 is 1.11 bits per heavy atom. The van der Waals surface area contributed by atoms with Crippen LogP contribution in [-0.2, 0) is 4.79 Å². The van der Waals surface area contributed by atoms with Crippen LogP contribution in [0.3, 0.4) is 0 Å². The first kappa shape index (κ1) is 10.6. The molecule has 0 saturated heterocycles. The van der Waals surface area contributed by atoms with Crippen LogP contribution in [0.5, 0.6) is 0 Å². The summed E-state index contributed by atoms with van der Waals surface area (Å²) in [6.45, 7) is 0. The molecule has 1 aromatic heterocycles. The summed E-state index contributed by atoms with van der Waals surface area (Å²) < 4.78 is 0. The lowest BCUT2D eigenvalue weighted by Gasteiger charge is -1.99. The van der Waals surface area contributed by atoms with Crippen LogP contribution >= 0.6 is 0 Å². The van der Waals surface area contributed by atoms with Gasteiger partial charge < -0.3 is 10.1 Å². The maximum absolute atomic E-state index is 11.0. The Morgan fingerprint density at radius 3 is 2.78 bits per heavy atom. The largest absolute Gasteiger partial charge is 0.478 e. The number of nitrogens with one attached hydrogen (secondary N) is 1. The predicted molar refractivity (Wildman–Crippen MR) is 72.1 cm³/mol. The molecule has 18 heavy (non-hydrogen) atoms. The quantitative estimate of drug-likeness (QED) is 0.800. The molecule has 2 N–H and O–H groups in total. The molecule has 88 valence electrons. The standard InChI is InChI=1S/C15H11NO2/c17-15(18)10-4-3-7-14-12(9-8-10)11-5-1-2-6-13(11)16-14/h1-9,16H,(H,17,18)/b4-3?,7-3-,9-8-,10-4+,10-8?,12-9?,14-7?. The van der Waals surface area contributed by atoms with Gasteiger partial charge in [0.05, 0.1) is 5.57 Å². The van der Waals surface area contributed by atoms with Gasteiger partial charge in [-0.2, -0.15) is 0 Å². The number of rotatable bonds is 1. The highest BCUT2D eigenvalue weighted by Gasteiger charge is 2.09. The van der Waals surface area contributed by atoms with Crippen LogP contribution in [0.4, 0.5) is 0 Å². The molecule has 0 unspecified atom stereocenters. The van der Waals surface area contributed by atoms with E-state index in [9.17, 15) is 4.79 Å². The van der Waals surface area contributed by atoms with E-state index in [-0.39, 0.29) is 5.57 Å². The van der Waals surface area contributed by atoms with Gasteiger partial charge in [0.25, 0.3) is 0 Å². The molecule has 0 aliphatic heterocycles. The van der Waals surface area contributed by atoms with E-state index in [0.717, 1.165) is 22.2 Å². The lowest BCUT2D eigenvalue weighted by atomic mass is 10.1. The van der Waals surface area contributed by atoms with Crippen LogP contribution in [-0.4, -0.2) is 16.1 Å². The van der Waals surface area contributed by atoms with Gasteiger partial charge in [-0.25, -0.2) is 4.79 Å². The first-order valence-corrected chi connectivity index (χ1v) is 5.66. The molecule has 3 rings (SSSR count). The molecular formula is C15H11NO2. The molecule has 0 amide bonds. The molecule has 0 bridgehead atoms. The van der Waals surface area contributed by atoms with Crippen molar-refractivity contribution in [3.63, 3.8) is 0 Å². The highest BCUT2D eigenvalue weighted by Crippen LogP contribution is 2.26. The SMILES string of the molecule is O=C(O)C1=C/C=C\c2[nH]c3ccccc3c2/C=C\1. The third kappa shape index (κ3) is 1.66. The van der Waals surface area contributed by atoms with Crippen molar-refractivity contribution < 1.29 is 9.90 Å². The molecule has 3 nitrogen and oxygen atoms in total. The van der Waals surface area contributed by atoms with Crippen molar-refractivity contribution in [3.05, 3.63) is 59.3 Å². The molecule has 1 aliphatic carbocycles. The van der Waals surface area contributed by atoms with Crippen LogP contribution in [0.25, 0.3) is 23.1 Å². The van der Waals surface area contributed by atoms with Gasteiger partial charge in [0.1, 0.15) is 0 Å². The van der Waals surface area contributed by atoms with Crippen LogP contribution in [0.1, 0.15) is 11.3 Å². The van der Waals surface area contributed by atoms with Gasteiger partial charge in [-0.1, -0.05) is 30.4 Å². The van der Waals surface area contributed by atoms with E-state index in [1.807, 2.05) is 36.4 Å². The molecule has 1 heterocycles. The number of carbonyl (C=O) groups is 1. The van der Waals surface area contributed by atoms with Gasteiger partial charge in [-0.15, -0.1) is 0 Å². The lowest BCUT2D eigenvalue weighted by Crippen LogP contribution is -1.97. The smallest absolute Gasteiger partial charge is 0.335 e. The maximum atomic E-state index is 11.0. The summed E-state index contributed by atoms with van der Waals surface area (Å²) in [5.74, 6) is -0.917. The van der Waals surface area contributed by atoms with Crippen molar-refractivity contribution in [2.24, 2.45) is 0 Å².